The first-order valence-corrected chi connectivity index (χ1v) is 10.7. The van der Waals surface area contributed by atoms with Crippen molar-refractivity contribution in [3.63, 3.8) is 0 Å². The van der Waals surface area contributed by atoms with Crippen LogP contribution in [0.25, 0.3) is 0 Å². The van der Waals surface area contributed by atoms with Crippen molar-refractivity contribution < 1.29 is 17.6 Å². The molecule has 2 N–H and O–H groups in total. The minimum atomic E-state index is -3.99. The molecule has 9 heteroatoms. The van der Waals surface area contributed by atoms with Gasteiger partial charge in [-0.05, 0) is 49.7 Å². The maximum absolute atomic E-state index is 13.3. The molecule has 2 aromatic carbocycles. The number of aryl methyl sites for hydroxylation is 2. The monoisotopic (exact) mass is 419 g/mol. The van der Waals surface area contributed by atoms with E-state index < -0.39 is 21.7 Å². The van der Waals surface area contributed by atoms with Crippen molar-refractivity contribution in [3.05, 3.63) is 75.5 Å². The molecule has 0 saturated carbocycles. The lowest BCUT2D eigenvalue weighted by atomic mass is 10.1. The summed E-state index contributed by atoms with van der Waals surface area (Å²) in [4.78, 5) is 16.8. The van der Waals surface area contributed by atoms with E-state index in [1.54, 1.807) is 12.1 Å². The second-order valence-electron chi connectivity index (χ2n) is 6.13. The van der Waals surface area contributed by atoms with Crippen molar-refractivity contribution in [1.82, 2.24) is 10.3 Å². The highest BCUT2D eigenvalue weighted by Crippen LogP contribution is 2.23. The minimum Gasteiger partial charge on any atom is -0.345 e. The lowest BCUT2D eigenvalue weighted by molar-refractivity contribution is 0.0951. The summed E-state index contributed by atoms with van der Waals surface area (Å²) in [7, 11) is -3.99. The van der Waals surface area contributed by atoms with E-state index in [1.165, 1.54) is 36.5 Å². The van der Waals surface area contributed by atoms with Crippen molar-refractivity contribution in [2.75, 3.05) is 4.72 Å². The van der Waals surface area contributed by atoms with Crippen LogP contribution in [-0.2, 0) is 16.6 Å². The standard InChI is InChI=1S/C19H18FN3O3S2/c1-12-9-14(20)7-8-17(12)28(25,26)23-16-6-4-3-5-15(16)19(24)21-10-18-22-13(2)11-27-18/h3-9,11,23H,10H2,1-2H3,(H,21,24). The number of anilines is 1. The normalized spacial score (nSPS) is 11.2. The maximum atomic E-state index is 13.3. The Labute approximate surface area is 166 Å². The molecule has 0 saturated heterocycles. The van der Waals surface area contributed by atoms with Crippen LogP contribution in [0.4, 0.5) is 10.1 Å². The van der Waals surface area contributed by atoms with E-state index in [0.29, 0.717) is 0 Å². The van der Waals surface area contributed by atoms with Crippen molar-refractivity contribution in [2.24, 2.45) is 0 Å². The number of nitrogens with one attached hydrogen (secondary N) is 2. The predicted molar refractivity (Wildman–Crippen MR) is 106 cm³/mol. The molecule has 0 aliphatic heterocycles. The first kappa shape index (κ1) is 20.0. The average Bonchev–Trinajstić information content (AvgIpc) is 3.05. The molecule has 0 fully saturated rings. The number of sulfonamides is 1. The number of amides is 1. The first-order chi connectivity index (χ1) is 13.3. The second-order valence-corrected chi connectivity index (χ2v) is 8.72. The topological polar surface area (TPSA) is 88.2 Å². The Hall–Kier alpha value is -2.78. The SMILES string of the molecule is Cc1csc(CNC(=O)c2ccccc2NS(=O)(=O)c2ccc(F)cc2C)n1. The van der Waals surface area contributed by atoms with E-state index >= 15 is 0 Å². The van der Waals surface area contributed by atoms with E-state index in [9.17, 15) is 17.6 Å². The highest BCUT2D eigenvalue weighted by molar-refractivity contribution is 7.92. The van der Waals surface area contributed by atoms with Gasteiger partial charge in [-0.1, -0.05) is 12.1 Å². The largest absolute Gasteiger partial charge is 0.345 e. The van der Waals surface area contributed by atoms with Gasteiger partial charge in [0.15, 0.2) is 0 Å². The third-order valence-corrected chi connectivity index (χ3v) is 6.40. The molecule has 0 unspecified atom stereocenters. The summed E-state index contributed by atoms with van der Waals surface area (Å²) in [6.45, 7) is 3.62. The number of hydrogen-bond acceptors (Lipinski definition) is 5. The van der Waals surface area contributed by atoms with Crippen LogP contribution in [-0.4, -0.2) is 19.3 Å². The Bertz CT molecular complexity index is 1130. The van der Waals surface area contributed by atoms with Gasteiger partial charge in [-0.2, -0.15) is 0 Å². The highest BCUT2D eigenvalue weighted by Gasteiger charge is 2.20. The molecule has 3 rings (SSSR count). The van der Waals surface area contributed by atoms with Crippen LogP contribution in [0.3, 0.4) is 0 Å². The van der Waals surface area contributed by atoms with Crippen LogP contribution in [0.2, 0.25) is 0 Å². The third kappa shape index (κ3) is 4.55. The number of carbonyl (C=O) groups excluding carboxylic acids is 1. The van der Waals surface area contributed by atoms with E-state index in [1.807, 2.05) is 12.3 Å². The smallest absolute Gasteiger partial charge is 0.262 e. The van der Waals surface area contributed by atoms with Crippen LogP contribution in [0.15, 0.2) is 52.7 Å². The van der Waals surface area contributed by atoms with Gasteiger partial charge in [0.1, 0.15) is 10.8 Å². The van der Waals surface area contributed by atoms with Gasteiger partial charge in [0.05, 0.1) is 22.7 Å². The lowest BCUT2D eigenvalue weighted by Gasteiger charge is -2.14. The quantitative estimate of drug-likeness (QED) is 0.639. The van der Waals surface area contributed by atoms with Crippen molar-refractivity contribution in [2.45, 2.75) is 25.3 Å². The molecule has 28 heavy (non-hydrogen) atoms. The van der Waals surface area contributed by atoms with Crippen LogP contribution in [0, 0.1) is 19.7 Å². The number of nitrogens with zero attached hydrogens (tertiary/aromatic N) is 1. The van der Waals surface area contributed by atoms with Gasteiger partial charge in [0.2, 0.25) is 0 Å². The maximum Gasteiger partial charge on any atom is 0.262 e. The van der Waals surface area contributed by atoms with Crippen LogP contribution in [0.1, 0.15) is 26.6 Å². The summed E-state index contributed by atoms with van der Waals surface area (Å²) in [6, 6.07) is 9.70. The number of aromatic nitrogens is 1. The Kier molecular flexibility index (Phi) is 5.76. The second kappa shape index (κ2) is 8.07. The van der Waals surface area contributed by atoms with Crippen molar-refractivity contribution >= 4 is 33.0 Å². The summed E-state index contributed by atoms with van der Waals surface area (Å²) >= 11 is 1.43. The number of benzene rings is 2. The molecule has 0 bridgehead atoms. The number of hydrogen-bond donors (Lipinski definition) is 2. The van der Waals surface area contributed by atoms with Gasteiger partial charge in [0.25, 0.3) is 15.9 Å². The Morgan fingerprint density at radius 2 is 1.93 bits per heavy atom. The summed E-state index contributed by atoms with van der Waals surface area (Å²) in [5, 5.41) is 5.38. The van der Waals surface area contributed by atoms with Crippen LogP contribution in [0.5, 0.6) is 0 Å². The zero-order valence-corrected chi connectivity index (χ0v) is 16.8. The fourth-order valence-corrected chi connectivity index (χ4v) is 4.64. The molecule has 0 radical (unpaired) electrons. The van der Waals surface area contributed by atoms with E-state index in [2.05, 4.69) is 15.0 Å². The van der Waals surface area contributed by atoms with Crippen molar-refractivity contribution in [3.8, 4) is 0 Å². The fourth-order valence-electron chi connectivity index (χ4n) is 2.62. The summed E-state index contributed by atoms with van der Waals surface area (Å²) in [5.41, 5.74) is 1.46. The van der Waals surface area contributed by atoms with Crippen molar-refractivity contribution in [1.29, 1.82) is 0 Å². The average molecular weight is 420 g/mol. The highest BCUT2D eigenvalue weighted by atomic mass is 32.2. The number of rotatable bonds is 6. The number of halogens is 1. The molecule has 1 aromatic heterocycles. The molecule has 0 aliphatic carbocycles. The van der Waals surface area contributed by atoms with Gasteiger partial charge in [0, 0.05) is 11.1 Å². The number of carbonyl (C=O) groups is 1. The zero-order chi connectivity index (χ0) is 20.3. The van der Waals surface area contributed by atoms with Gasteiger partial charge in [-0.3, -0.25) is 9.52 Å². The molecule has 6 nitrogen and oxygen atoms in total. The third-order valence-electron chi connectivity index (χ3n) is 3.91. The predicted octanol–water partition coefficient (Wildman–Crippen LogP) is 3.63. The molecule has 1 amide bonds. The molecule has 0 atom stereocenters. The van der Waals surface area contributed by atoms with Gasteiger partial charge >= 0.3 is 0 Å². The summed E-state index contributed by atoms with van der Waals surface area (Å²) in [5.74, 6) is -0.948. The molecule has 0 aliphatic rings. The van der Waals surface area contributed by atoms with Gasteiger partial charge in [-0.15, -0.1) is 11.3 Å². The lowest BCUT2D eigenvalue weighted by Crippen LogP contribution is -2.25. The Balaban J connectivity index is 1.82. The van der Waals surface area contributed by atoms with Crippen LogP contribution >= 0.6 is 11.3 Å². The molecule has 0 spiro atoms. The van der Waals surface area contributed by atoms with E-state index in [0.717, 1.165) is 22.8 Å². The molecule has 146 valence electrons. The molecular formula is C19H18FN3O3S2. The Morgan fingerprint density at radius 3 is 2.61 bits per heavy atom. The summed E-state index contributed by atoms with van der Waals surface area (Å²) in [6.07, 6.45) is 0. The minimum absolute atomic E-state index is 0.0534. The number of para-hydroxylation sites is 1. The van der Waals surface area contributed by atoms with E-state index in [4.69, 9.17) is 0 Å². The Morgan fingerprint density at radius 1 is 1.18 bits per heavy atom. The van der Waals surface area contributed by atoms with Crippen LogP contribution < -0.4 is 10.0 Å². The molecule has 1 heterocycles. The first-order valence-electron chi connectivity index (χ1n) is 8.33. The summed E-state index contributed by atoms with van der Waals surface area (Å²) < 4.78 is 41.1. The number of thiazole rings is 1. The van der Waals surface area contributed by atoms with E-state index in [-0.39, 0.29) is 28.3 Å². The molecule has 3 aromatic rings. The van der Waals surface area contributed by atoms with Gasteiger partial charge in [-0.25, -0.2) is 17.8 Å². The van der Waals surface area contributed by atoms with Gasteiger partial charge < -0.3 is 5.32 Å². The molecular weight excluding hydrogens is 401 g/mol. The zero-order valence-electron chi connectivity index (χ0n) is 15.2. The fraction of sp³-hybridized carbons (Fsp3) is 0.158.